The van der Waals surface area contributed by atoms with Crippen LogP contribution in [-0.4, -0.2) is 32.6 Å². The zero-order chi connectivity index (χ0) is 17.2. The molecule has 4 N–H and O–H groups in total. The molecule has 2 aromatic carbocycles. The fourth-order valence-corrected chi connectivity index (χ4v) is 3.09. The molecule has 0 aromatic heterocycles. The second-order valence-corrected chi connectivity index (χ2v) is 6.28. The first-order valence-electron chi connectivity index (χ1n) is 8.13. The Bertz CT molecular complexity index is 667. The van der Waals surface area contributed by atoms with Gasteiger partial charge in [-0.3, -0.25) is 0 Å². The highest BCUT2D eigenvalue weighted by Gasteiger charge is 2.44. The number of aromatic hydroxyl groups is 2. The second-order valence-electron chi connectivity index (χ2n) is 6.28. The highest BCUT2D eigenvalue weighted by atomic mass is 16.6. The summed E-state index contributed by atoms with van der Waals surface area (Å²) >= 11 is 0. The first kappa shape index (κ1) is 16.8. The van der Waals surface area contributed by atoms with Gasteiger partial charge in [0.05, 0.1) is 6.10 Å². The minimum atomic E-state index is -1.76. The molecule has 0 bridgehead atoms. The van der Waals surface area contributed by atoms with Gasteiger partial charge in [0.25, 0.3) is 0 Å². The molecule has 0 spiro atoms. The number of benzene rings is 2. The fraction of sp³-hybridized carbons (Fsp3) is 0.368. The maximum atomic E-state index is 10.8. The zero-order valence-electron chi connectivity index (χ0n) is 13.3. The van der Waals surface area contributed by atoms with Crippen molar-refractivity contribution in [1.82, 2.24) is 0 Å². The van der Waals surface area contributed by atoms with Crippen molar-refractivity contribution in [2.45, 2.75) is 43.7 Å². The highest BCUT2D eigenvalue weighted by Crippen LogP contribution is 2.37. The average molecular weight is 330 g/mol. The SMILES string of the molecule is Oc1ccc(CCC2CCC(O)C(O)(c3ccc(O)cc3)O2)cc1. The summed E-state index contributed by atoms with van der Waals surface area (Å²) in [4.78, 5) is 0. The number of hydrogen-bond acceptors (Lipinski definition) is 5. The van der Waals surface area contributed by atoms with Gasteiger partial charge in [-0.2, -0.15) is 0 Å². The molecule has 1 fully saturated rings. The molecule has 24 heavy (non-hydrogen) atoms. The van der Waals surface area contributed by atoms with Crippen molar-refractivity contribution < 1.29 is 25.2 Å². The van der Waals surface area contributed by atoms with E-state index < -0.39 is 11.9 Å². The topological polar surface area (TPSA) is 90.2 Å². The molecule has 1 aliphatic rings. The number of aliphatic hydroxyl groups is 2. The van der Waals surface area contributed by atoms with Crippen LogP contribution in [0.1, 0.15) is 30.4 Å². The molecule has 128 valence electrons. The zero-order valence-corrected chi connectivity index (χ0v) is 13.3. The van der Waals surface area contributed by atoms with Crippen LogP contribution >= 0.6 is 0 Å². The molecule has 3 rings (SSSR count). The Morgan fingerprint density at radius 2 is 1.50 bits per heavy atom. The minimum Gasteiger partial charge on any atom is -0.508 e. The van der Waals surface area contributed by atoms with Crippen LogP contribution in [0.3, 0.4) is 0 Å². The number of rotatable bonds is 4. The van der Waals surface area contributed by atoms with E-state index in [1.807, 2.05) is 12.1 Å². The van der Waals surface area contributed by atoms with Crippen LogP contribution in [0.25, 0.3) is 0 Å². The third-order valence-corrected chi connectivity index (χ3v) is 4.53. The summed E-state index contributed by atoms with van der Waals surface area (Å²) in [5.41, 5.74) is 1.51. The molecule has 2 aromatic rings. The van der Waals surface area contributed by atoms with E-state index in [4.69, 9.17) is 4.74 Å². The van der Waals surface area contributed by atoms with Crippen LogP contribution < -0.4 is 0 Å². The predicted octanol–water partition coefficient (Wildman–Crippen LogP) is 2.42. The van der Waals surface area contributed by atoms with Gasteiger partial charge in [0.15, 0.2) is 0 Å². The summed E-state index contributed by atoms with van der Waals surface area (Å²) in [5.74, 6) is -1.43. The normalized spacial score (nSPS) is 27.1. The lowest BCUT2D eigenvalue weighted by atomic mass is 9.90. The molecule has 5 nitrogen and oxygen atoms in total. The van der Waals surface area contributed by atoms with E-state index in [0.717, 1.165) is 12.0 Å². The van der Waals surface area contributed by atoms with E-state index in [1.165, 1.54) is 12.1 Å². The van der Waals surface area contributed by atoms with Crippen LogP contribution in [0, 0.1) is 0 Å². The van der Waals surface area contributed by atoms with Crippen LogP contribution in [0.5, 0.6) is 11.5 Å². The molecule has 3 atom stereocenters. The first-order chi connectivity index (χ1) is 11.5. The molecule has 0 saturated carbocycles. The Morgan fingerprint density at radius 1 is 0.917 bits per heavy atom. The van der Waals surface area contributed by atoms with Gasteiger partial charge < -0.3 is 25.2 Å². The summed E-state index contributed by atoms with van der Waals surface area (Å²) in [6.07, 6.45) is 1.38. The summed E-state index contributed by atoms with van der Waals surface area (Å²) in [6.45, 7) is 0. The summed E-state index contributed by atoms with van der Waals surface area (Å²) in [5, 5.41) is 39.7. The molecule has 1 aliphatic heterocycles. The van der Waals surface area contributed by atoms with Gasteiger partial charge in [-0.1, -0.05) is 12.1 Å². The number of phenols is 2. The molecular weight excluding hydrogens is 308 g/mol. The van der Waals surface area contributed by atoms with Gasteiger partial charge in [0.2, 0.25) is 5.79 Å². The minimum absolute atomic E-state index is 0.0940. The van der Waals surface area contributed by atoms with Gasteiger partial charge in [0.1, 0.15) is 17.6 Å². The predicted molar refractivity (Wildman–Crippen MR) is 88.5 cm³/mol. The molecular formula is C19H22O5. The van der Waals surface area contributed by atoms with E-state index in [9.17, 15) is 20.4 Å². The largest absolute Gasteiger partial charge is 0.508 e. The van der Waals surface area contributed by atoms with E-state index >= 15 is 0 Å². The van der Waals surface area contributed by atoms with Crippen LogP contribution in [0.15, 0.2) is 48.5 Å². The standard InChI is InChI=1S/C19H22O5/c20-15-6-1-13(2-7-15)3-10-17-11-12-18(22)19(23,24-17)14-4-8-16(21)9-5-14/h1-2,4-9,17-18,20-23H,3,10-12H2. The van der Waals surface area contributed by atoms with Crippen molar-refractivity contribution in [3.8, 4) is 11.5 Å². The second kappa shape index (κ2) is 6.81. The third kappa shape index (κ3) is 3.53. The summed E-state index contributed by atoms with van der Waals surface area (Å²) < 4.78 is 5.83. The Balaban J connectivity index is 1.68. The van der Waals surface area contributed by atoms with Gasteiger partial charge in [0, 0.05) is 5.56 Å². The summed E-state index contributed by atoms with van der Waals surface area (Å²) in [7, 11) is 0. The Kier molecular flexibility index (Phi) is 4.76. The lowest BCUT2D eigenvalue weighted by Crippen LogP contribution is -2.48. The number of aliphatic hydroxyl groups excluding tert-OH is 1. The van der Waals surface area contributed by atoms with Gasteiger partial charge >= 0.3 is 0 Å². The number of hydrogen-bond donors (Lipinski definition) is 4. The van der Waals surface area contributed by atoms with Crippen molar-refractivity contribution in [3.63, 3.8) is 0 Å². The number of ether oxygens (including phenoxy) is 1. The fourth-order valence-electron chi connectivity index (χ4n) is 3.09. The Labute approximate surface area is 140 Å². The molecule has 3 unspecified atom stereocenters. The van der Waals surface area contributed by atoms with E-state index in [0.29, 0.717) is 24.8 Å². The van der Waals surface area contributed by atoms with Crippen molar-refractivity contribution >= 4 is 0 Å². The first-order valence-corrected chi connectivity index (χ1v) is 8.13. The van der Waals surface area contributed by atoms with Crippen LogP contribution in [0.2, 0.25) is 0 Å². The maximum Gasteiger partial charge on any atom is 0.219 e. The summed E-state index contributed by atoms with van der Waals surface area (Å²) in [6, 6.07) is 13.0. The lowest BCUT2D eigenvalue weighted by Gasteiger charge is -2.41. The number of phenolic OH excluding ortho intramolecular Hbond substituents is 2. The van der Waals surface area contributed by atoms with E-state index in [-0.39, 0.29) is 17.6 Å². The van der Waals surface area contributed by atoms with Crippen LogP contribution in [-0.2, 0) is 16.9 Å². The molecule has 5 heteroatoms. The monoisotopic (exact) mass is 330 g/mol. The molecule has 0 radical (unpaired) electrons. The maximum absolute atomic E-state index is 10.8. The molecule has 0 amide bonds. The van der Waals surface area contributed by atoms with E-state index in [1.54, 1.807) is 24.3 Å². The van der Waals surface area contributed by atoms with Crippen molar-refractivity contribution in [2.75, 3.05) is 0 Å². The Hall–Kier alpha value is -2.08. The van der Waals surface area contributed by atoms with Gasteiger partial charge in [-0.15, -0.1) is 0 Å². The number of aryl methyl sites for hydroxylation is 1. The molecule has 1 heterocycles. The van der Waals surface area contributed by atoms with Crippen molar-refractivity contribution in [2.24, 2.45) is 0 Å². The van der Waals surface area contributed by atoms with Crippen LogP contribution in [0.4, 0.5) is 0 Å². The van der Waals surface area contributed by atoms with Gasteiger partial charge in [-0.05, 0) is 67.6 Å². The van der Waals surface area contributed by atoms with Gasteiger partial charge in [-0.25, -0.2) is 0 Å². The average Bonchev–Trinajstić information content (AvgIpc) is 2.58. The molecule has 0 aliphatic carbocycles. The molecule has 1 saturated heterocycles. The lowest BCUT2D eigenvalue weighted by molar-refractivity contribution is -0.310. The Morgan fingerprint density at radius 3 is 2.12 bits per heavy atom. The highest BCUT2D eigenvalue weighted by molar-refractivity contribution is 5.30. The van der Waals surface area contributed by atoms with Crippen molar-refractivity contribution in [1.29, 1.82) is 0 Å². The third-order valence-electron chi connectivity index (χ3n) is 4.53. The quantitative estimate of drug-likeness (QED) is 0.691. The van der Waals surface area contributed by atoms with Crippen molar-refractivity contribution in [3.05, 3.63) is 59.7 Å². The van der Waals surface area contributed by atoms with E-state index in [2.05, 4.69) is 0 Å². The smallest absolute Gasteiger partial charge is 0.219 e.